The Morgan fingerprint density at radius 1 is 1.32 bits per heavy atom. The molecule has 2 aromatic heterocycles. The maximum Gasteiger partial charge on any atom is 0.259 e. The van der Waals surface area contributed by atoms with Gasteiger partial charge in [-0.2, -0.15) is 0 Å². The molecule has 0 saturated carbocycles. The van der Waals surface area contributed by atoms with E-state index in [0.717, 1.165) is 49.1 Å². The van der Waals surface area contributed by atoms with Gasteiger partial charge in [0.25, 0.3) is 5.56 Å². The third-order valence-electron chi connectivity index (χ3n) is 4.80. The van der Waals surface area contributed by atoms with Crippen LogP contribution in [0.5, 0.6) is 0 Å². The number of H-pyrrole nitrogens is 1. The van der Waals surface area contributed by atoms with Crippen molar-refractivity contribution in [3.8, 4) is 0 Å². The van der Waals surface area contributed by atoms with Crippen molar-refractivity contribution in [2.24, 2.45) is 5.92 Å². The molecule has 1 saturated heterocycles. The first kappa shape index (κ1) is 17.1. The Bertz CT molecular complexity index is 841. The van der Waals surface area contributed by atoms with Gasteiger partial charge >= 0.3 is 0 Å². The number of nitrogens with zero attached hydrogens (tertiary/aromatic N) is 1. The van der Waals surface area contributed by atoms with E-state index in [0.29, 0.717) is 23.2 Å². The number of nitrogens with one attached hydrogen (secondary N) is 3. The molecular formula is C17H22N4O2S2. The molecule has 0 aromatic carbocycles. The van der Waals surface area contributed by atoms with Gasteiger partial charge in [-0.25, -0.2) is 4.98 Å². The van der Waals surface area contributed by atoms with Crippen molar-refractivity contribution in [2.75, 3.05) is 25.4 Å². The van der Waals surface area contributed by atoms with E-state index in [-0.39, 0.29) is 11.5 Å². The van der Waals surface area contributed by atoms with Gasteiger partial charge in [-0.05, 0) is 31.2 Å². The number of carbonyl (C=O) groups excluding carboxylic acids is 1. The van der Waals surface area contributed by atoms with Crippen LogP contribution in [0.1, 0.15) is 29.1 Å². The second-order valence-corrected chi connectivity index (χ2v) is 8.79. The highest BCUT2D eigenvalue weighted by Gasteiger charge is 2.20. The Kier molecular flexibility index (Phi) is 5.10. The molecule has 1 fully saturated rings. The van der Waals surface area contributed by atoms with Crippen molar-refractivity contribution in [3.05, 3.63) is 26.6 Å². The van der Waals surface area contributed by atoms with E-state index in [4.69, 9.17) is 0 Å². The smallest absolute Gasteiger partial charge is 0.259 e. The second kappa shape index (κ2) is 7.47. The summed E-state index contributed by atoms with van der Waals surface area (Å²) in [6.45, 7) is 2.72. The minimum absolute atomic E-state index is 0.0260. The summed E-state index contributed by atoms with van der Waals surface area (Å²) in [5, 5.41) is 6.94. The van der Waals surface area contributed by atoms with Crippen LogP contribution < -0.4 is 16.2 Å². The van der Waals surface area contributed by atoms with Gasteiger partial charge in [0, 0.05) is 30.4 Å². The Morgan fingerprint density at radius 2 is 2.16 bits per heavy atom. The first-order valence-corrected chi connectivity index (χ1v) is 10.8. The molecule has 3 N–H and O–H groups in total. The van der Waals surface area contributed by atoms with Gasteiger partial charge in [0.15, 0.2) is 0 Å². The number of rotatable bonds is 6. The molecule has 0 radical (unpaired) electrons. The molecule has 0 bridgehead atoms. The third-order valence-corrected chi connectivity index (χ3v) is 6.93. The standard InChI is InChI=1S/C17H22N4O2S2/c22-14(19-7-10-5-18-6-10)9-24-8-13-20-16(23)15-11-3-1-2-4-12(11)25-17(15)21-13/h10,18H,1-9H2,(H,19,22)(H,20,21,23). The van der Waals surface area contributed by atoms with Gasteiger partial charge < -0.3 is 15.6 Å². The Morgan fingerprint density at radius 3 is 2.96 bits per heavy atom. The lowest BCUT2D eigenvalue weighted by molar-refractivity contribution is -0.118. The van der Waals surface area contributed by atoms with Crippen LogP contribution in [-0.4, -0.2) is 41.3 Å². The molecule has 25 heavy (non-hydrogen) atoms. The highest BCUT2D eigenvalue weighted by molar-refractivity contribution is 7.99. The lowest BCUT2D eigenvalue weighted by atomic mass is 9.97. The fraction of sp³-hybridized carbons (Fsp3) is 0.588. The predicted molar refractivity (Wildman–Crippen MR) is 102 cm³/mol. The van der Waals surface area contributed by atoms with Gasteiger partial charge in [0.2, 0.25) is 5.91 Å². The molecule has 4 rings (SSSR count). The number of carbonyl (C=O) groups is 1. The number of aryl methyl sites for hydroxylation is 2. The largest absolute Gasteiger partial charge is 0.355 e. The summed E-state index contributed by atoms with van der Waals surface area (Å²) in [6, 6.07) is 0. The minimum Gasteiger partial charge on any atom is -0.355 e. The van der Waals surface area contributed by atoms with Gasteiger partial charge in [-0.15, -0.1) is 23.1 Å². The monoisotopic (exact) mass is 378 g/mol. The zero-order valence-corrected chi connectivity index (χ0v) is 15.7. The van der Waals surface area contributed by atoms with Gasteiger partial charge in [-0.3, -0.25) is 9.59 Å². The van der Waals surface area contributed by atoms with Crippen molar-refractivity contribution >= 4 is 39.2 Å². The van der Waals surface area contributed by atoms with Crippen LogP contribution in [0.3, 0.4) is 0 Å². The average molecular weight is 379 g/mol. The van der Waals surface area contributed by atoms with Crippen molar-refractivity contribution < 1.29 is 4.79 Å². The molecule has 134 valence electrons. The lowest BCUT2D eigenvalue weighted by Crippen LogP contribution is -2.48. The van der Waals surface area contributed by atoms with E-state index in [1.807, 2.05) is 0 Å². The first-order chi connectivity index (χ1) is 12.2. The molecule has 0 spiro atoms. The van der Waals surface area contributed by atoms with Gasteiger partial charge in [0.1, 0.15) is 10.7 Å². The molecule has 1 aliphatic heterocycles. The Balaban J connectivity index is 1.36. The number of aromatic nitrogens is 2. The highest BCUT2D eigenvalue weighted by Crippen LogP contribution is 2.33. The fourth-order valence-electron chi connectivity index (χ4n) is 3.32. The van der Waals surface area contributed by atoms with Crippen molar-refractivity contribution in [1.82, 2.24) is 20.6 Å². The van der Waals surface area contributed by atoms with E-state index in [1.165, 1.54) is 28.6 Å². The van der Waals surface area contributed by atoms with Crippen LogP contribution in [0, 0.1) is 5.92 Å². The molecule has 2 aromatic rings. The Labute approximate surface area is 154 Å². The number of hydrogen-bond acceptors (Lipinski definition) is 6. The minimum atomic E-state index is -0.0260. The maximum absolute atomic E-state index is 12.5. The fourth-order valence-corrected chi connectivity index (χ4v) is 5.32. The second-order valence-electron chi connectivity index (χ2n) is 6.72. The van der Waals surface area contributed by atoms with Crippen LogP contribution in [0.2, 0.25) is 0 Å². The normalized spacial score (nSPS) is 17.3. The molecule has 6 nitrogen and oxygen atoms in total. The zero-order chi connectivity index (χ0) is 17.2. The summed E-state index contributed by atoms with van der Waals surface area (Å²) in [4.78, 5) is 34.0. The summed E-state index contributed by atoms with van der Waals surface area (Å²) in [7, 11) is 0. The summed E-state index contributed by atoms with van der Waals surface area (Å²) >= 11 is 3.15. The van der Waals surface area contributed by atoms with Gasteiger partial charge in [-0.1, -0.05) is 0 Å². The number of thioether (sulfide) groups is 1. The van der Waals surface area contributed by atoms with Crippen molar-refractivity contribution in [3.63, 3.8) is 0 Å². The maximum atomic E-state index is 12.5. The SMILES string of the molecule is O=C(CSCc1nc2sc3c(c2c(=O)[nH]1)CCCC3)NCC1CNC1. The third kappa shape index (κ3) is 3.75. The van der Waals surface area contributed by atoms with E-state index < -0.39 is 0 Å². The molecule has 3 heterocycles. The molecule has 0 unspecified atom stereocenters. The van der Waals surface area contributed by atoms with E-state index >= 15 is 0 Å². The number of aromatic amines is 1. The van der Waals surface area contributed by atoms with Crippen LogP contribution in [0.15, 0.2) is 4.79 Å². The van der Waals surface area contributed by atoms with E-state index in [9.17, 15) is 9.59 Å². The molecule has 8 heteroatoms. The molecular weight excluding hydrogens is 356 g/mol. The molecule has 1 amide bonds. The predicted octanol–water partition coefficient (Wildman–Crippen LogP) is 1.43. The summed E-state index contributed by atoms with van der Waals surface area (Å²) in [5.74, 6) is 2.22. The van der Waals surface area contributed by atoms with Crippen molar-refractivity contribution in [2.45, 2.75) is 31.4 Å². The summed E-state index contributed by atoms with van der Waals surface area (Å²) in [6.07, 6.45) is 4.41. The quantitative estimate of drug-likeness (QED) is 0.708. The van der Waals surface area contributed by atoms with Crippen LogP contribution >= 0.6 is 23.1 Å². The van der Waals surface area contributed by atoms with Crippen molar-refractivity contribution in [1.29, 1.82) is 0 Å². The summed E-state index contributed by atoms with van der Waals surface area (Å²) < 4.78 is 0. The molecule has 2 aliphatic rings. The topological polar surface area (TPSA) is 86.9 Å². The number of fused-ring (bicyclic) bond motifs is 3. The van der Waals surface area contributed by atoms with Crippen LogP contribution in [0.4, 0.5) is 0 Å². The molecule has 0 atom stereocenters. The van der Waals surface area contributed by atoms with E-state index in [2.05, 4.69) is 20.6 Å². The lowest BCUT2D eigenvalue weighted by Gasteiger charge is -2.27. The number of amides is 1. The van der Waals surface area contributed by atoms with E-state index in [1.54, 1.807) is 11.3 Å². The number of thiophene rings is 1. The first-order valence-electron chi connectivity index (χ1n) is 8.79. The Hall–Kier alpha value is -1.38. The van der Waals surface area contributed by atoms with Crippen LogP contribution in [-0.2, 0) is 23.4 Å². The average Bonchev–Trinajstić information content (AvgIpc) is 2.92. The van der Waals surface area contributed by atoms with Gasteiger partial charge in [0.05, 0.1) is 16.9 Å². The number of hydrogen-bond donors (Lipinski definition) is 3. The zero-order valence-electron chi connectivity index (χ0n) is 14.0. The van der Waals surface area contributed by atoms with Crippen LogP contribution in [0.25, 0.3) is 10.2 Å². The molecule has 1 aliphatic carbocycles. The summed E-state index contributed by atoms with van der Waals surface area (Å²) in [5.41, 5.74) is 1.19. The highest BCUT2D eigenvalue weighted by atomic mass is 32.2.